The Labute approximate surface area is 136 Å². The van der Waals surface area contributed by atoms with Gasteiger partial charge in [-0.2, -0.15) is 0 Å². The van der Waals surface area contributed by atoms with E-state index in [0.717, 1.165) is 0 Å². The van der Waals surface area contributed by atoms with Crippen molar-refractivity contribution < 1.29 is 14.7 Å². The van der Waals surface area contributed by atoms with Crippen molar-refractivity contribution in [2.24, 2.45) is 11.8 Å². The molecule has 5 heteroatoms. The highest BCUT2D eigenvalue weighted by molar-refractivity contribution is 7.11. The topological polar surface area (TPSA) is 57.6 Å². The van der Waals surface area contributed by atoms with E-state index in [2.05, 4.69) is 19.1 Å². The second-order valence-corrected chi connectivity index (χ2v) is 7.83. The van der Waals surface area contributed by atoms with Gasteiger partial charge in [0.2, 0.25) is 5.91 Å². The highest BCUT2D eigenvalue weighted by Crippen LogP contribution is 2.31. The lowest BCUT2D eigenvalue weighted by molar-refractivity contribution is -0.146. The Morgan fingerprint density at radius 1 is 1.23 bits per heavy atom. The van der Waals surface area contributed by atoms with Crippen LogP contribution in [0.25, 0.3) is 0 Å². The molecule has 1 N–H and O–H groups in total. The number of nitrogens with zero attached hydrogens (tertiary/aromatic N) is 1. The van der Waals surface area contributed by atoms with Crippen molar-refractivity contribution in [2.45, 2.75) is 59.0 Å². The van der Waals surface area contributed by atoms with Gasteiger partial charge in [0.05, 0.1) is 12.5 Å². The summed E-state index contributed by atoms with van der Waals surface area (Å²) in [5, 5.41) is 9.06. The lowest BCUT2D eigenvalue weighted by Crippen LogP contribution is -2.41. The molecule has 122 valence electrons. The zero-order valence-electron chi connectivity index (χ0n) is 13.5. The molecular formula is C17H25NO3S. The second kappa shape index (κ2) is 7.27. The van der Waals surface area contributed by atoms with Crippen molar-refractivity contribution >= 4 is 23.2 Å². The van der Waals surface area contributed by atoms with E-state index >= 15 is 0 Å². The van der Waals surface area contributed by atoms with Crippen LogP contribution in [0, 0.1) is 18.8 Å². The van der Waals surface area contributed by atoms with Gasteiger partial charge in [-0.1, -0.05) is 0 Å². The minimum Gasteiger partial charge on any atom is -0.481 e. The zero-order valence-corrected chi connectivity index (χ0v) is 14.4. The number of aryl methyl sites for hydroxylation is 1. The van der Waals surface area contributed by atoms with Crippen LogP contribution in [0.3, 0.4) is 0 Å². The summed E-state index contributed by atoms with van der Waals surface area (Å²) in [4.78, 5) is 28.2. The first kappa shape index (κ1) is 17.0. The smallest absolute Gasteiger partial charge is 0.306 e. The predicted octanol–water partition coefficient (Wildman–Crippen LogP) is 3.68. The molecule has 4 nitrogen and oxygen atoms in total. The van der Waals surface area contributed by atoms with Gasteiger partial charge < -0.3 is 10.0 Å². The van der Waals surface area contributed by atoms with Gasteiger partial charge in [0.1, 0.15) is 0 Å². The Kier molecular flexibility index (Phi) is 5.62. The molecule has 1 aromatic heterocycles. The Morgan fingerprint density at radius 2 is 1.82 bits per heavy atom. The number of carboxylic acid groups (broad SMARTS) is 1. The third-order valence-corrected chi connectivity index (χ3v) is 5.44. The molecule has 0 atom stereocenters. The standard InChI is InChI=1S/C17H25NO3S/c1-11(2)18(10-15-9-4-12(3)22-15)16(19)13-5-7-14(8-6-13)17(20)21/h4,9,11,13-14H,5-8,10H2,1-3H3,(H,20,21). The van der Waals surface area contributed by atoms with Crippen LogP contribution in [-0.4, -0.2) is 27.9 Å². The molecular weight excluding hydrogens is 298 g/mol. The minimum absolute atomic E-state index is 0.0148. The summed E-state index contributed by atoms with van der Waals surface area (Å²) in [6.45, 7) is 6.82. The Balaban J connectivity index is 2.00. The highest BCUT2D eigenvalue weighted by atomic mass is 32.1. The maximum Gasteiger partial charge on any atom is 0.306 e. The molecule has 0 aliphatic heterocycles. The van der Waals surface area contributed by atoms with Gasteiger partial charge in [-0.3, -0.25) is 9.59 Å². The fourth-order valence-corrected chi connectivity index (χ4v) is 3.96. The maximum absolute atomic E-state index is 12.8. The van der Waals surface area contributed by atoms with Gasteiger partial charge in [-0.05, 0) is 58.6 Å². The second-order valence-electron chi connectivity index (χ2n) is 6.46. The van der Waals surface area contributed by atoms with Crippen LogP contribution in [0.4, 0.5) is 0 Å². The SMILES string of the molecule is Cc1ccc(CN(C(=O)C2CCC(C(=O)O)CC2)C(C)C)s1. The normalized spacial score (nSPS) is 21.8. The average Bonchev–Trinajstić information content (AvgIpc) is 2.89. The Bertz CT molecular complexity index is 530. The Morgan fingerprint density at radius 3 is 2.27 bits per heavy atom. The van der Waals surface area contributed by atoms with Crippen molar-refractivity contribution in [3.8, 4) is 0 Å². The van der Waals surface area contributed by atoms with Gasteiger partial charge >= 0.3 is 5.97 Å². The summed E-state index contributed by atoms with van der Waals surface area (Å²) < 4.78 is 0. The number of carboxylic acids is 1. The molecule has 0 spiro atoms. The third kappa shape index (κ3) is 4.09. The Hall–Kier alpha value is -1.36. The van der Waals surface area contributed by atoms with E-state index in [9.17, 15) is 9.59 Å². The van der Waals surface area contributed by atoms with Crippen LogP contribution in [-0.2, 0) is 16.1 Å². The minimum atomic E-state index is -0.722. The molecule has 0 aromatic carbocycles. The molecule has 1 saturated carbocycles. The third-order valence-electron chi connectivity index (χ3n) is 4.45. The molecule has 2 rings (SSSR count). The number of aliphatic carboxylic acids is 1. The molecule has 1 fully saturated rings. The highest BCUT2D eigenvalue weighted by Gasteiger charge is 2.32. The number of thiophene rings is 1. The summed E-state index contributed by atoms with van der Waals surface area (Å²) in [5.41, 5.74) is 0. The number of hydrogen-bond donors (Lipinski definition) is 1. The first-order chi connectivity index (χ1) is 10.4. The van der Waals surface area contributed by atoms with Crippen molar-refractivity contribution in [2.75, 3.05) is 0 Å². The first-order valence-electron chi connectivity index (χ1n) is 7.97. The van der Waals surface area contributed by atoms with Crippen LogP contribution < -0.4 is 0 Å². The van der Waals surface area contributed by atoms with Crippen LogP contribution in [0.1, 0.15) is 49.3 Å². The first-order valence-corrected chi connectivity index (χ1v) is 8.78. The molecule has 1 aliphatic carbocycles. The van der Waals surface area contributed by atoms with Crippen LogP contribution in [0.2, 0.25) is 0 Å². The molecule has 0 bridgehead atoms. The van der Waals surface area contributed by atoms with E-state index in [-0.39, 0.29) is 23.8 Å². The molecule has 22 heavy (non-hydrogen) atoms. The van der Waals surface area contributed by atoms with Crippen molar-refractivity contribution in [1.29, 1.82) is 0 Å². The van der Waals surface area contributed by atoms with Gasteiger partial charge in [0.15, 0.2) is 0 Å². The number of hydrogen-bond acceptors (Lipinski definition) is 3. The number of rotatable bonds is 5. The van der Waals surface area contributed by atoms with Crippen LogP contribution in [0.15, 0.2) is 12.1 Å². The summed E-state index contributed by atoms with van der Waals surface area (Å²) in [5.74, 6) is -0.818. The van der Waals surface area contributed by atoms with E-state index in [1.807, 2.05) is 18.7 Å². The van der Waals surface area contributed by atoms with Gasteiger partial charge in [-0.15, -0.1) is 11.3 Å². The molecule has 0 unspecified atom stereocenters. The van der Waals surface area contributed by atoms with Gasteiger partial charge in [0, 0.05) is 21.7 Å². The van der Waals surface area contributed by atoms with E-state index in [1.165, 1.54) is 9.75 Å². The molecule has 1 aromatic rings. The van der Waals surface area contributed by atoms with E-state index in [1.54, 1.807) is 11.3 Å². The van der Waals surface area contributed by atoms with Crippen LogP contribution >= 0.6 is 11.3 Å². The van der Waals surface area contributed by atoms with E-state index < -0.39 is 5.97 Å². The molecule has 1 amide bonds. The fraction of sp³-hybridized carbons (Fsp3) is 0.647. The largest absolute Gasteiger partial charge is 0.481 e. The monoisotopic (exact) mass is 323 g/mol. The molecule has 1 heterocycles. The number of carbonyl (C=O) groups excluding carboxylic acids is 1. The summed E-state index contributed by atoms with van der Waals surface area (Å²) in [6, 6.07) is 4.33. The lowest BCUT2D eigenvalue weighted by Gasteiger charge is -2.33. The molecule has 0 saturated heterocycles. The quantitative estimate of drug-likeness (QED) is 0.899. The van der Waals surface area contributed by atoms with Crippen LogP contribution in [0.5, 0.6) is 0 Å². The van der Waals surface area contributed by atoms with Crippen molar-refractivity contribution in [3.05, 3.63) is 21.9 Å². The van der Waals surface area contributed by atoms with Crippen molar-refractivity contribution in [1.82, 2.24) is 4.90 Å². The average molecular weight is 323 g/mol. The number of carbonyl (C=O) groups is 2. The lowest BCUT2D eigenvalue weighted by atomic mass is 9.81. The van der Waals surface area contributed by atoms with E-state index in [0.29, 0.717) is 32.2 Å². The summed E-state index contributed by atoms with van der Waals surface area (Å²) >= 11 is 1.73. The van der Waals surface area contributed by atoms with Gasteiger partial charge in [-0.25, -0.2) is 0 Å². The summed E-state index contributed by atoms with van der Waals surface area (Å²) in [7, 11) is 0. The number of amides is 1. The van der Waals surface area contributed by atoms with Gasteiger partial charge in [0.25, 0.3) is 0 Å². The van der Waals surface area contributed by atoms with E-state index in [4.69, 9.17) is 5.11 Å². The molecule has 1 aliphatic rings. The predicted molar refractivity (Wildman–Crippen MR) is 87.8 cm³/mol. The summed E-state index contributed by atoms with van der Waals surface area (Å²) in [6.07, 6.45) is 2.64. The zero-order chi connectivity index (χ0) is 16.3. The fourth-order valence-electron chi connectivity index (χ4n) is 3.07. The maximum atomic E-state index is 12.8. The van der Waals surface area contributed by atoms with Crippen molar-refractivity contribution in [3.63, 3.8) is 0 Å². The molecule has 0 radical (unpaired) electrons.